The molecular weight excluding hydrogens is 218 g/mol. The van der Waals surface area contributed by atoms with Gasteiger partial charge in [0.15, 0.2) is 0 Å². The number of carbonyl (C=O) groups excluding carboxylic acids is 2. The van der Waals surface area contributed by atoms with Gasteiger partial charge >= 0.3 is 6.09 Å². The zero-order valence-corrected chi connectivity index (χ0v) is 10.8. The van der Waals surface area contributed by atoms with Gasteiger partial charge in [-0.1, -0.05) is 6.08 Å². The predicted molar refractivity (Wildman–Crippen MR) is 65.8 cm³/mol. The summed E-state index contributed by atoms with van der Waals surface area (Å²) in [4.78, 5) is 22.7. The fourth-order valence-electron chi connectivity index (χ4n) is 1.62. The fraction of sp³-hybridized carbons (Fsp3) is 0.692. The van der Waals surface area contributed by atoms with Gasteiger partial charge in [0.05, 0.1) is 0 Å². The smallest absolute Gasteiger partial charge is 0.408 e. The molecule has 0 aromatic heterocycles. The van der Waals surface area contributed by atoms with Gasteiger partial charge in [0.2, 0.25) is 0 Å². The van der Waals surface area contributed by atoms with Crippen molar-refractivity contribution in [2.45, 2.75) is 58.1 Å². The first kappa shape index (κ1) is 13.7. The zero-order chi connectivity index (χ0) is 12.9. The van der Waals surface area contributed by atoms with E-state index < -0.39 is 6.09 Å². The third-order valence-corrected chi connectivity index (χ3v) is 2.38. The Morgan fingerprint density at radius 2 is 2.18 bits per heavy atom. The summed E-state index contributed by atoms with van der Waals surface area (Å²) in [7, 11) is 0. The molecule has 0 aliphatic heterocycles. The summed E-state index contributed by atoms with van der Waals surface area (Å²) in [5, 5.41) is 2.75. The highest BCUT2D eigenvalue weighted by Crippen LogP contribution is 2.13. The Balaban J connectivity index is 2.45. The largest absolute Gasteiger partial charge is 0.442 e. The molecule has 1 unspecified atom stereocenters. The van der Waals surface area contributed by atoms with E-state index in [9.17, 15) is 9.59 Å². The molecule has 0 saturated heterocycles. The highest BCUT2D eigenvalue weighted by atomic mass is 16.6. The van der Waals surface area contributed by atoms with Gasteiger partial charge in [-0.25, -0.2) is 4.79 Å². The third kappa shape index (κ3) is 6.09. The standard InChI is InChI=1S/C13H21NO3/c1-13(2,3)14-12(16)17-11-8-4-6-10(15)7-5-9-11/h4,8,11H,5-7,9H2,1-3H3,(H,14,16)/b8-4+. The van der Waals surface area contributed by atoms with Crippen molar-refractivity contribution in [3.05, 3.63) is 12.2 Å². The molecule has 1 amide bonds. The minimum Gasteiger partial charge on any atom is -0.442 e. The van der Waals surface area contributed by atoms with Gasteiger partial charge in [0.25, 0.3) is 0 Å². The number of rotatable bonds is 1. The number of ether oxygens (including phenoxy) is 1. The second-order valence-electron chi connectivity index (χ2n) is 5.38. The summed E-state index contributed by atoms with van der Waals surface area (Å²) in [5.41, 5.74) is -0.293. The van der Waals surface area contributed by atoms with Gasteiger partial charge < -0.3 is 10.1 Å². The van der Waals surface area contributed by atoms with Gasteiger partial charge in [-0.15, -0.1) is 0 Å². The molecule has 0 radical (unpaired) electrons. The van der Waals surface area contributed by atoms with Crippen LogP contribution in [0.1, 0.15) is 46.5 Å². The van der Waals surface area contributed by atoms with Gasteiger partial charge in [0.1, 0.15) is 11.9 Å². The van der Waals surface area contributed by atoms with Crippen LogP contribution in [0.3, 0.4) is 0 Å². The van der Waals surface area contributed by atoms with Crippen molar-refractivity contribution in [3.8, 4) is 0 Å². The Labute approximate surface area is 102 Å². The monoisotopic (exact) mass is 239 g/mol. The molecule has 96 valence electrons. The minimum atomic E-state index is -0.404. The maximum atomic E-state index is 11.6. The molecule has 1 rings (SSSR count). The molecule has 17 heavy (non-hydrogen) atoms. The minimum absolute atomic E-state index is 0.217. The van der Waals surface area contributed by atoms with E-state index >= 15 is 0 Å². The number of ketones is 1. The lowest BCUT2D eigenvalue weighted by atomic mass is 10.0. The maximum Gasteiger partial charge on any atom is 0.408 e. The van der Waals surface area contributed by atoms with E-state index in [0.29, 0.717) is 19.3 Å². The first-order chi connectivity index (χ1) is 7.87. The van der Waals surface area contributed by atoms with Crippen LogP contribution in [0.2, 0.25) is 0 Å². The molecule has 4 nitrogen and oxygen atoms in total. The number of alkyl carbamates (subject to hydrolysis) is 1. The number of carbonyl (C=O) groups is 2. The number of allylic oxidation sites excluding steroid dienone is 1. The quantitative estimate of drug-likeness (QED) is 0.715. The van der Waals surface area contributed by atoms with Crippen LogP contribution >= 0.6 is 0 Å². The normalized spacial score (nSPS) is 23.5. The molecule has 0 saturated carbocycles. The summed E-state index contributed by atoms with van der Waals surface area (Å²) in [6, 6.07) is 0. The van der Waals surface area contributed by atoms with E-state index in [1.807, 2.05) is 20.8 Å². The second-order valence-corrected chi connectivity index (χ2v) is 5.38. The van der Waals surface area contributed by atoms with Crippen molar-refractivity contribution in [1.82, 2.24) is 5.32 Å². The lowest BCUT2D eigenvalue weighted by Gasteiger charge is -2.22. The Hall–Kier alpha value is -1.32. The van der Waals surface area contributed by atoms with E-state index in [1.165, 1.54) is 0 Å². The van der Waals surface area contributed by atoms with Crippen LogP contribution < -0.4 is 5.32 Å². The Morgan fingerprint density at radius 3 is 2.82 bits per heavy atom. The molecule has 0 bridgehead atoms. The molecule has 1 atom stereocenters. The highest BCUT2D eigenvalue weighted by molar-refractivity contribution is 5.79. The molecule has 0 heterocycles. The van der Waals surface area contributed by atoms with Crippen LogP contribution in [0, 0.1) is 0 Å². The third-order valence-electron chi connectivity index (χ3n) is 2.38. The van der Waals surface area contributed by atoms with Crippen LogP contribution in [0.5, 0.6) is 0 Å². The van der Waals surface area contributed by atoms with Crippen molar-refractivity contribution in [2.75, 3.05) is 0 Å². The molecule has 1 aliphatic rings. The van der Waals surface area contributed by atoms with E-state index in [2.05, 4.69) is 5.32 Å². The van der Waals surface area contributed by atoms with E-state index in [1.54, 1.807) is 12.2 Å². The number of hydrogen-bond acceptors (Lipinski definition) is 3. The van der Waals surface area contributed by atoms with Crippen LogP contribution in [0.4, 0.5) is 4.79 Å². The average molecular weight is 239 g/mol. The van der Waals surface area contributed by atoms with E-state index in [-0.39, 0.29) is 17.4 Å². The number of Topliss-reactive ketones (excluding diaryl/α,β-unsaturated/α-hetero) is 1. The summed E-state index contributed by atoms with van der Waals surface area (Å²) in [6.07, 6.45) is 5.47. The summed E-state index contributed by atoms with van der Waals surface area (Å²) in [5.74, 6) is 0.249. The number of amides is 1. The lowest BCUT2D eigenvalue weighted by Crippen LogP contribution is -2.42. The van der Waals surface area contributed by atoms with Crippen molar-refractivity contribution in [2.24, 2.45) is 0 Å². The molecule has 0 aromatic rings. The van der Waals surface area contributed by atoms with Crippen molar-refractivity contribution in [3.63, 3.8) is 0 Å². The Bertz CT molecular complexity index is 315. The van der Waals surface area contributed by atoms with Crippen molar-refractivity contribution < 1.29 is 14.3 Å². The fourth-order valence-corrected chi connectivity index (χ4v) is 1.62. The summed E-state index contributed by atoms with van der Waals surface area (Å²) in [6.45, 7) is 5.71. The molecule has 1 N–H and O–H groups in total. The number of hydrogen-bond donors (Lipinski definition) is 1. The molecule has 0 aromatic carbocycles. The Morgan fingerprint density at radius 1 is 1.47 bits per heavy atom. The van der Waals surface area contributed by atoms with E-state index in [4.69, 9.17) is 4.74 Å². The van der Waals surface area contributed by atoms with Gasteiger partial charge in [0, 0.05) is 18.4 Å². The molecular formula is C13H21NO3. The number of nitrogens with one attached hydrogen (secondary N) is 1. The summed E-state index contributed by atoms with van der Waals surface area (Å²) < 4.78 is 5.29. The average Bonchev–Trinajstić information content (AvgIpc) is 2.10. The SMILES string of the molecule is CC(C)(C)NC(=O)OC1/C=C/CC(=O)CCC1. The lowest BCUT2D eigenvalue weighted by molar-refractivity contribution is -0.118. The predicted octanol–water partition coefficient (Wildman–Crippen LogP) is 2.58. The van der Waals surface area contributed by atoms with Gasteiger partial charge in [-0.05, 0) is 39.7 Å². The molecule has 4 heteroatoms. The molecule has 0 fully saturated rings. The first-order valence-electron chi connectivity index (χ1n) is 6.04. The van der Waals surface area contributed by atoms with Gasteiger partial charge in [-0.3, -0.25) is 4.79 Å². The van der Waals surface area contributed by atoms with Crippen LogP contribution in [0.15, 0.2) is 12.2 Å². The van der Waals surface area contributed by atoms with Crippen LogP contribution in [-0.4, -0.2) is 23.5 Å². The van der Waals surface area contributed by atoms with Gasteiger partial charge in [-0.2, -0.15) is 0 Å². The van der Waals surface area contributed by atoms with Crippen molar-refractivity contribution >= 4 is 11.9 Å². The van der Waals surface area contributed by atoms with Crippen molar-refractivity contribution in [1.29, 1.82) is 0 Å². The van der Waals surface area contributed by atoms with E-state index in [0.717, 1.165) is 6.42 Å². The maximum absolute atomic E-state index is 11.6. The second kappa shape index (κ2) is 5.84. The molecule has 0 spiro atoms. The zero-order valence-electron chi connectivity index (χ0n) is 10.8. The first-order valence-corrected chi connectivity index (χ1v) is 6.04. The Kier molecular flexibility index (Phi) is 4.73. The molecule has 1 aliphatic carbocycles. The summed E-state index contributed by atoms with van der Waals surface area (Å²) >= 11 is 0. The topological polar surface area (TPSA) is 55.4 Å². The van der Waals surface area contributed by atoms with Crippen LogP contribution in [-0.2, 0) is 9.53 Å². The van der Waals surface area contributed by atoms with Crippen LogP contribution in [0.25, 0.3) is 0 Å². The highest BCUT2D eigenvalue weighted by Gasteiger charge is 2.18.